The Hall–Kier alpha value is -14.1. The van der Waals surface area contributed by atoms with Crippen LogP contribution in [0.2, 0.25) is 0 Å². The molecule has 492 valence electrons. The second-order valence-electron chi connectivity index (χ2n) is 19.3. The molecule has 0 bridgehead atoms. The van der Waals surface area contributed by atoms with Gasteiger partial charge in [-0.1, -0.05) is 90.1 Å². The van der Waals surface area contributed by atoms with Crippen molar-refractivity contribution < 1.29 is 134 Å². The zero-order valence-electron chi connectivity index (χ0n) is 49.6. The number of aromatic hydroxyl groups is 3. The molecule has 0 heterocycles. The number of allylic oxidation sites excluding steroid dienone is 12. The van der Waals surface area contributed by atoms with Crippen LogP contribution in [0, 0.1) is 0 Å². The third-order valence-corrected chi connectivity index (χ3v) is 13.5. The van der Waals surface area contributed by atoms with E-state index in [0.29, 0.717) is 0 Å². The first-order valence-electron chi connectivity index (χ1n) is 25.9. The Morgan fingerprint density at radius 2 is 0.448 bits per heavy atom. The van der Waals surface area contributed by atoms with Gasteiger partial charge in [-0.15, -0.1) is 0 Å². The van der Waals surface area contributed by atoms with E-state index in [1.54, 1.807) is 0 Å². The number of ketones is 3. The van der Waals surface area contributed by atoms with Gasteiger partial charge in [-0.3, -0.25) is 14.4 Å². The highest BCUT2D eigenvalue weighted by molar-refractivity contribution is 6.25. The molecular formula is C66H51N3O27. The van der Waals surface area contributed by atoms with Gasteiger partial charge in [-0.25, -0.2) is 43.2 Å². The Morgan fingerprint density at radius 1 is 0.260 bits per heavy atom. The summed E-state index contributed by atoms with van der Waals surface area (Å²) in [6.07, 6.45) is 10.1. The van der Waals surface area contributed by atoms with Crippen LogP contribution in [0.5, 0.6) is 34.5 Å². The molecule has 0 atom stereocenters. The molecule has 6 aromatic carbocycles. The molecule has 0 saturated carbocycles. The summed E-state index contributed by atoms with van der Waals surface area (Å²) >= 11 is 0. The van der Waals surface area contributed by atoms with Crippen molar-refractivity contribution in [3.63, 3.8) is 0 Å². The summed E-state index contributed by atoms with van der Waals surface area (Å²) in [6, 6.07) is 20.8. The van der Waals surface area contributed by atoms with Crippen molar-refractivity contribution in [2.75, 3.05) is 0 Å². The number of phenols is 3. The van der Waals surface area contributed by atoms with E-state index < -0.39 is 156 Å². The van der Waals surface area contributed by atoms with Crippen LogP contribution in [-0.2, 0) is 28.8 Å². The highest BCUT2D eigenvalue weighted by Crippen LogP contribution is 2.39. The molecule has 0 unspecified atom stereocenters. The highest BCUT2D eigenvalue weighted by atomic mass is 16.4. The number of aliphatic carboxylic acids is 3. The third-order valence-electron chi connectivity index (χ3n) is 13.5. The van der Waals surface area contributed by atoms with Gasteiger partial charge in [-0.05, 0) is 158 Å². The molecule has 0 spiro atoms. The summed E-state index contributed by atoms with van der Waals surface area (Å²) in [5.74, 6) is -19.3. The Balaban J connectivity index is 0.000000302. The van der Waals surface area contributed by atoms with Crippen molar-refractivity contribution in [3.05, 3.63) is 264 Å². The average molecular weight is 1320 g/mol. The minimum Gasteiger partial charge on any atom is -0.872 e. The number of carboxylic acid groups (broad SMARTS) is 9. The lowest BCUT2D eigenvalue weighted by Gasteiger charge is -2.18. The number of quaternary nitrogens is 3. The number of rotatable bonds is 15. The zero-order chi connectivity index (χ0) is 68.6. The molecule has 30 heteroatoms. The minimum absolute atomic E-state index is 0. The Labute approximate surface area is 537 Å². The fraction of sp³-hybridized carbons (Fsp3) is 0. The van der Waals surface area contributed by atoms with Crippen LogP contribution in [0.4, 0.5) is 0 Å². The fourth-order valence-corrected chi connectivity index (χ4v) is 9.20. The molecule has 0 amide bonds. The van der Waals surface area contributed by atoms with Gasteiger partial charge in [0.2, 0.25) is 0 Å². The first-order valence-corrected chi connectivity index (χ1v) is 25.9. The van der Waals surface area contributed by atoms with Gasteiger partial charge in [0.1, 0.15) is 50.7 Å². The van der Waals surface area contributed by atoms with E-state index in [1.807, 2.05) is 0 Å². The summed E-state index contributed by atoms with van der Waals surface area (Å²) in [7, 11) is 0. The maximum atomic E-state index is 11.9. The third kappa shape index (κ3) is 16.3. The van der Waals surface area contributed by atoms with Crippen LogP contribution < -0.4 is 33.8 Å². The summed E-state index contributed by atoms with van der Waals surface area (Å²) in [5.41, 5.74) is -2.66. The van der Waals surface area contributed by atoms with Gasteiger partial charge in [0.15, 0.2) is 17.3 Å². The molecule has 3 aliphatic rings. The number of hydrogen-bond acceptors (Lipinski definition) is 18. The van der Waals surface area contributed by atoms with Gasteiger partial charge in [0, 0.05) is 0 Å². The Kier molecular flexibility index (Phi) is 23.7. The van der Waals surface area contributed by atoms with Crippen LogP contribution in [-0.4, -0.2) is 132 Å². The van der Waals surface area contributed by atoms with Gasteiger partial charge in [-0.2, -0.15) is 0 Å². The van der Waals surface area contributed by atoms with Crippen molar-refractivity contribution in [2.45, 2.75) is 0 Å². The molecule has 24 N–H and O–H groups in total. The highest BCUT2D eigenvalue weighted by Gasteiger charge is 2.27. The lowest BCUT2D eigenvalue weighted by atomic mass is 9.87. The number of hydrogen-bond donors (Lipinski definition) is 15. The van der Waals surface area contributed by atoms with Gasteiger partial charge in [0.05, 0.1) is 16.7 Å². The van der Waals surface area contributed by atoms with Crippen molar-refractivity contribution in [1.82, 2.24) is 18.5 Å². The van der Waals surface area contributed by atoms with Crippen LogP contribution >= 0.6 is 0 Å². The molecule has 0 aromatic heterocycles. The molecule has 3 aliphatic carbocycles. The fourth-order valence-electron chi connectivity index (χ4n) is 9.20. The van der Waals surface area contributed by atoms with E-state index >= 15 is 0 Å². The molecule has 0 fully saturated rings. The number of carbonyl (C=O) groups excluding carboxylic acids is 3. The van der Waals surface area contributed by atoms with Crippen molar-refractivity contribution >= 4 is 87.8 Å². The topological polar surface area (TPSA) is 626 Å². The zero-order valence-corrected chi connectivity index (χ0v) is 49.6. The van der Waals surface area contributed by atoms with Crippen LogP contribution in [0.15, 0.2) is 197 Å². The van der Waals surface area contributed by atoms with E-state index in [1.165, 1.54) is 54.6 Å². The average Bonchev–Trinajstić information content (AvgIpc) is 0.796. The molecular weight excluding hydrogens is 1270 g/mol. The number of carbonyl (C=O) groups is 12. The largest absolute Gasteiger partial charge is 0.872 e. The van der Waals surface area contributed by atoms with Gasteiger partial charge >= 0.3 is 53.7 Å². The van der Waals surface area contributed by atoms with Gasteiger partial charge < -0.3 is 95.0 Å². The molecule has 9 rings (SSSR count). The van der Waals surface area contributed by atoms with Crippen molar-refractivity contribution in [1.29, 1.82) is 0 Å². The predicted molar refractivity (Wildman–Crippen MR) is 329 cm³/mol. The molecule has 0 aliphatic heterocycles. The van der Waals surface area contributed by atoms with E-state index in [0.717, 1.165) is 109 Å². The van der Waals surface area contributed by atoms with Crippen LogP contribution in [0.3, 0.4) is 0 Å². The quantitative estimate of drug-likeness (QED) is 0.0483. The minimum atomic E-state index is -1.48. The van der Waals surface area contributed by atoms with Crippen molar-refractivity contribution in [2.24, 2.45) is 0 Å². The number of carboxylic acids is 9. The second kappa shape index (κ2) is 30.6. The standard InChI is InChI=1S/3C22H14O9.3H3N/c3*23-16-4-1-10(7-13(16)20(26)27)19(11-2-5-17(24)14(8-11)21(28)29)12-3-6-18(25)15(9-12)22(30)31;;;/h3*1-9,23-24H,(H,26,27)(H,28,29)(H,30,31);3*1H3. The summed E-state index contributed by atoms with van der Waals surface area (Å²) in [4.78, 5) is 138. The van der Waals surface area contributed by atoms with Crippen LogP contribution in [0.25, 0.3) is 16.7 Å². The normalized spacial score (nSPS) is 14.2. The summed E-state index contributed by atoms with van der Waals surface area (Å²) in [6.45, 7) is 0. The first kappa shape index (κ1) is 74.4. The molecule has 96 heavy (non-hydrogen) atoms. The summed E-state index contributed by atoms with van der Waals surface area (Å²) < 4.78 is 0. The number of benzene rings is 6. The molecule has 0 radical (unpaired) electrons. The lowest BCUT2D eigenvalue weighted by Crippen LogP contribution is -2.13. The maximum Gasteiger partial charge on any atom is 0.339 e. The molecule has 6 aromatic rings. The predicted octanol–water partition coefficient (Wildman–Crippen LogP) is 6.57. The monoisotopic (exact) mass is 1320 g/mol. The SMILES string of the molecule is O=C(O)C1=C/C(=C(/c2ccc([O-])c(C(=O)O)c2)c2ccc(O)c(C(=O)O)c2)C=CC1=O.O=C(O)C1=C/C(=C(/c2ccc([O-])c(C(=O)O)c2)c2ccc(O)c(C(=O)O)c2)C=CC1=O.O=C(O)C1=C/C(=C(/c2ccc([O-])c(C(=O)O)c2)c2ccc(O)c(C(=O)O)c2)C=CC1=O.[NH4+].[NH4+].[NH4+]. The Morgan fingerprint density at radius 3 is 0.635 bits per heavy atom. The smallest absolute Gasteiger partial charge is 0.339 e. The lowest BCUT2D eigenvalue weighted by molar-refractivity contribution is -0.269. The van der Waals surface area contributed by atoms with E-state index in [4.69, 9.17) is 0 Å². The maximum absolute atomic E-state index is 11.9. The first-order chi connectivity index (χ1) is 43.8. The van der Waals surface area contributed by atoms with E-state index in [-0.39, 0.29) is 85.3 Å². The molecule has 0 saturated heterocycles. The number of aromatic carboxylic acids is 6. The molecule has 30 nitrogen and oxygen atoms in total. The van der Waals surface area contributed by atoms with Gasteiger partial charge in [0.25, 0.3) is 0 Å². The van der Waals surface area contributed by atoms with E-state index in [2.05, 4.69) is 0 Å². The Bertz CT molecular complexity index is 4020. The van der Waals surface area contributed by atoms with Crippen molar-refractivity contribution in [3.8, 4) is 34.5 Å². The van der Waals surface area contributed by atoms with Crippen LogP contribution in [0.1, 0.15) is 95.5 Å². The second-order valence-corrected chi connectivity index (χ2v) is 19.3. The summed E-state index contributed by atoms with van der Waals surface area (Å²) in [5, 5.41) is 149. The van der Waals surface area contributed by atoms with E-state index in [9.17, 15) is 134 Å².